The van der Waals surface area contributed by atoms with Crippen molar-refractivity contribution in [1.82, 2.24) is 23.6 Å². The molecule has 2 aliphatic heterocycles. The summed E-state index contributed by atoms with van der Waals surface area (Å²) in [6.45, 7) is 3.48. The van der Waals surface area contributed by atoms with E-state index in [1.54, 1.807) is 0 Å². The number of hydrogen-bond donors (Lipinski definition) is 0. The van der Waals surface area contributed by atoms with Crippen molar-refractivity contribution < 1.29 is 12.8 Å². The van der Waals surface area contributed by atoms with Gasteiger partial charge in [-0.25, -0.2) is 17.5 Å². The second-order valence-corrected chi connectivity index (χ2v) is 9.58. The van der Waals surface area contributed by atoms with Crippen LogP contribution in [0.15, 0.2) is 29.2 Å². The summed E-state index contributed by atoms with van der Waals surface area (Å²) in [5.41, 5.74) is 0. The van der Waals surface area contributed by atoms with Crippen molar-refractivity contribution in [2.45, 2.75) is 43.8 Å². The quantitative estimate of drug-likeness (QED) is 0.703. The smallest absolute Gasteiger partial charge is 0.243 e. The molecule has 152 valence electrons. The first-order valence-electron chi connectivity index (χ1n) is 9.60. The zero-order chi connectivity index (χ0) is 19.7. The Balaban J connectivity index is 1.41. The summed E-state index contributed by atoms with van der Waals surface area (Å²) < 4.78 is 44.7. The molecule has 4 rings (SSSR count). The monoisotopic (exact) mass is 425 g/mol. The highest BCUT2D eigenvalue weighted by atomic mass is 32.2. The molecular formula is C18H24FN5O2S2. The molecule has 0 radical (unpaired) electrons. The van der Waals surface area contributed by atoms with Gasteiger partial charge in [-0.1, -0.05) is 6.42 Å². The fourth-order valence-corrected chi connectivity index (χ4v) is 5.49. The molecule has 1 saturated heterocycles. The van der Waals surface area contributed by atoms with Gasteiger partial charge in [0.1, 0.15) is 11.6 Å². The zero-order valence-corrected chi connectivity index (χ0v) is 17.3. The van der Waals surface area contributed by atoms with Crippen LogP contribution in [0.3, 0.4) is 0 Å². The van der Waals surface area contributed by atoms with E-state index in [4.69, 9.17) is 17.3 Å². The Kier molecular flexibility index (Phi) is 5.64. The van der Waals surface area contributed by atoms with Gasteiger partial charge in [-0.05, 0) is 49.3 Å². The minimum absolute atomic E-state index is 0.127. The molecule has 0 spiro atoms. The van der Waals surface area contributed by atoms with E-state index in [9.17, 15) is 12.8 Å². The van der Waals surface area contributed by atoms with Gasteiger partial charge in [0, 0.05) is 39.1 Å². The van der Waals surface area contributed by atoms with Crippen LogP contribution in [-0.4, -0.2) is 58.1 Å². The molecule has 0 atom stereocenters. The van der Waals surface area contributed by atoms with Crippen molar-refractivity contribution >= 4 is 22.2 Å². The summed E-state index contributed by atoms with van der Waals surface area (Å²) in [5, 5.41) is 4.69. The highest BCUT2D eigenvalue weighted by molar-refractivity contribution is 7.89. The molecule has 7 nitrogen and oxygen atoms in total. The Morgan fingerprint density at radius 2 is 1.71 bits per heavy atom. The van der Waals surface area contributed by atoms with E-state index in [-0.39, 0.29) is 4.90 Å². The van der Waals surface area contributed by atoms with E-state index < -0.39 is 15.8 Å². The Morgan fingerprint density at radius 3 is 2.43 bits per heavy atom. The Morgan fingerprint density at radius 1 is 1.00 bits per heavy atom. The molecule has 0 bridgehead atoms. The van der Waals surface area contributed by atoms with Gasteiger partial charge in [0.25, 0.3) is 0 Å². The average Bonchev–Trinajstić information content (AvgIpc) is 2.85. The highest BCUT2D eigenvalue weighted by Gasteiger charge is 2.29. The van der Waals surface area contributed by atoms with E-state index in [0.717, 1.165) is 36.4 Å². The summed E-state index contributed by atoms with van der Waals surface area (Å²) >= 11 is 5.60. The number of rotatable bonds is 4. The Hall–Kier alpha value is -1.62. The number of aryl methyl sites for hydroxylation is 1. The van der Waals surface area contributed by atoms with Gasteiger partial charge in [-0.2, -0.15) is 9.40 Å². The lowest BCUT2D eigenvalue weighted by Gasteiger charge is -2.33. The van der Waals surface area contributed by atoms with Gasteiger partial charge in [0.2, 0.25) is 10.0 Å². The minimum atomic E-state index is -3.60. The third kappa shape index (κ3) is 3.91. The number of nitrogens with zero attached hydrogens (tertiary/aromatic N) is 5. The van der Waals surface area contributed by atoms with Crippen LogP contribution in [0.1, 0.15) is 25.1 Å². The first-order valence-corrected chi connectivity index (χ1v) is 11.4. The molecular weight excluding hydrogens is 401 g/mol. The van der Waals surface area contributed by atoms with Crippen LogP contribution in [0, 0.1) is 10.6 Å². The van der Waals surface area contributed by atoms with E-state index in [0.29, 0.717) is 32.8 Å². The van der Waals surface area contributed by atoms with Crippen molar-refractivity contribution in [2.24, 2.45) is 0 Å². The van der Waals surface area contributed by atoms with Crippen LogP contribution in [0.5, 0.6) is 0 Å². The van der Waals surface area contributed by atoms with Gasteiger partial charge < -0.3 is 4.57 Å². The zero-order valence-electron chi connectivity index (χ0n) is 15.6. The van der Waals surface area contributed by atoms with Crippen molar-refractivity contribution in [3.8, 4) is 0 Å². The number of sulfonamides is 1. The second-order valence-electron chi connectivity index (χ2n) is 7.28. The van der Waals surface area contributed by atoms with Crippen LogP contribution in [0.4, 0.5) is 4.39 Å². The van der Waals surface area contributed by atoms with Crippen LogP contribution in [0.2, 0.25) is 0 Å². The van der Waals surface area contributed by atoms with Crippen LogP contribution in [-0.2, 0) is 29.7 Å². The first-order chi connectivity index (χ1) is 13.4. The molecule has 0 amide bonds. The number of benzene rings is 1. The summed E-state index contributed by atoms with van der Waals surface area (Å²) in [6.07, 6.45) is 4.45. The fraction of sp³-hybridized carbons (Fsp3) is 0.556. The third-order valence-electron chi connectivity index (χ3n) is 5.40. The number of halogens is 1. The van der Waals surface area contributed by atoms with Gasteiger partial charge in [0.05, 0.1) is 11.6 Å². The molecule has 0 unspecified atom stereocenters. The van der Waals surface area contributed by atoms with E-state index >= 15 is 0 Å². The standard InChI is InChI=1S/C18H24FN5O2S2/c19-15-5-7-16(8-6-15)28(25,26)22-12-10-21(11-13-22)14-24-18(27)23-9-3-1-2-4-17(23)20-24/h5-8H,1-4,9-14H2. The summed E-state index contributed by atoms with van der Waals surface area (Å²) in [4.78, 5) is 2.29. The molecule has 0 N–H and O–H groups in total. The second kappa shape index (κ2) is 8.02. The summed E-state index contributed by atoms with van der Waals surface area (Å²) in [5.74, 6) is 0.610. The normalized spacial score (nSPS) is 19.3. The molecule has 1 aromatic carbocycles. The lowest BCUT2D eigenvalue weighted by Crippen LogP contribution is -2.48. The lowest BCUT2D eigenvalue weighted by atomic mass is 10.2. The van der Waals surface area contributed by atoms with Crippen molar-refractivity contribution in [3.63, 3.8) is 0 Å². The highest BCUT2D eigenvalue weighted by Crippen LogP contribution is 2.19. The maximum Gasteiger partial charge on any atom is 0.243 e. The first kappa shape index (κ1) is 19.7. The molecule has 28 heavy (non-hydrogen) atoms. The number of aromatic nitrogens is 3. The van der Waals surface area contributed by atoms with Crippen LogP contribution >= 0.6 is 12.2 Å². The molecule has 0 saturated carbocycles. The maximum absolute atomic E-state index is 13.1. The molecule has 2 aliphatic rings. The predicted molar refractivity (Wildman–Crippen MR) is 105 cm³/mol. The largest absolute Gasteiger partial charge is 0.304 e. The number of hydrogen-bond acceptors (Lipinski definition) is 5. The predicted octanol–water partition coefficient (Wildman–Crippen LogP) is 2.24. The van der Waals surface area contributed by atoms with Crippen LogP contribution < -0.4 is 0 Å². The van der Waals surface area contributed by atoms with E-state index in [1.807, 2.05) is 4.68 Å². The summed E-state index contributed by atoms with van der Waals surface area (Å²) in [6, 6.07) is 4.98. The third-order valence-corrected chi connectivity index (χ3v) is 7.74. The topological polar surface area (TPSA) is 63.4 Å². The molecule has 2 aromatic rings. The Labute approximate surface area is 169 Å². The van der Waals surface area contributed by atoms with Gasteiger partial charge in [-0.15, -0.1) is 0 Å². The van der Waals surface area contributed by atoms with Gasteiger partial charge in [-0.3, -0.25) is 4.90 Å². The molecule has 1 fully saturated rings. The fourth-order valence-electron chi connectivity index (χ4n) is 3.77. The number of piperazine rings is 1. The number of fused-ring (bicyclic) bond motifs is 1. The minimum Gasteiger partial charge on any atom is -0.304 e. The van der Waals surface area contributed by atoms with Crippen molar-refractivity contribution in [3.05, 3.63) is 40.7 Å². The van der Waals surface area contributed by atoms with Gasteiger partial charge >= 0.3 is 0 Å². The van der Waals surface area contributed by atoms with Crippen LogP contribution in [0.25, 0.3) is 0 Å². The lowest BCUT2D eigenvalue weighted by molar-refractivity contribution is 0.144. The van der Waals surface area contributed by atoms with Crippen molar-refractivity contribution in [1.29, 1.82) is 0 Å². The maximum atomic E-state index is 13.1. The average molecular weight is 426 g/mol. The van der Waals surface area contributed by atoms with Gasteiger partial charge in [0.15, 0.2) is 4.77 Å². The van der Waals surface area contributed by atoms with E-state index in [1.165, 1.54) is 35.0 Å². The molecule has 0 aliphatic carbocycles. The summed E-state index contributed by atoms with van der Waals surface area (Å²) in [7, 11) is -3.60. The SMILES string of the molecule is O=S(=O)(c1ccc(F)cc1)N1CCN(Cn2nc3n(c2=S)CCCCC3)CC1. The molecule has 1 aromatic heterocycles. The van der Waals surface area contributed by atoms with E-state index in [2.05, 4.69) is 9.47 Å². The van der Waals surface area contributed by atoms with Crippen molar-refractivity contribution in [2.75, 3.05) is 26.2 Å². The Bertz CT molecular complexity index is 992. The molecule has 3 heterocycles. The molecule has 10 heteroatoms.